The van der Waals surface area contributed by atoms with Crippen LogP contribution in [0.15, 0.2) is 30.7 Å². The summed E-state index contributed by atoms with van der Waals surface area (Å²) >= 11 is 0. The van der Waals surface area contributed by atoms with Gasteiger partial charge in [0.25, 0.3) is 0 Å². The van der Waals surface area contributed by atoms with Gasteiger partial charge in [0.2, 0.25) is 0 Å². The van der Waals surface area contributed by atoms with Gasteiger partial charge in [-0.1, -0.05) is 24.5 Å². The second-order valence-corrected chi connectivity index (χ2v) is 5.53. The van der Waals surface area contributed by atoms with E-state index in [4.69, 9.17) is 0 Å². The molecule has 0 unspecified atom stereocenters. The SMILES string of the molecule is O=C(NCc1cn(-c2cccnc2)nn1)NC1CCCCC1. The maximum absolute atomic E-state index is 11.9. The van der Waals surface area contributed by atoms with E-state index in [1.54, 1.807) is 23.3 Å². The molecular formula is C15H20N6O. The minimum absolute atomic E-state index is 0.136. The summed E-state index contributed by atoms with van der Waals surface area (Å²) in [6.07, 6.45) is 11.0. The van der Waals surface area contributed by atoms with Crippen LogP contribution in [0.1, 0.15) is 37.8 Å². The van der Waals surface area contributed by atoms with Gasteiger partial charge in [0.1, 0.15) is 5.69 Å². The molecular weight excluding hydrogens is 280 g/mol. The summed E-state index contributed by atoms with van der Waals surface area (Å²) in [5.74, 6) is 0. The lowest BCUT2D eigenvalue weighted by molar-refractivity contribution is 0.232. The second kappa shape index (κ2) is 7.02. The van der Waals surface area contributed by atoms with Gasteiger partial charge in [-0.3, -0.25) is 4.98 Å². The highest BCUT2D eigenvalue weighted by molar-refractivity contribution is 5.74. The fraction of sp³-hybridized carbons (Fsp3) is 0.467. The molecule has 22 heavy (non-hydrogen) atoms. The fourth-order valence-corrected chi connectivity index (χ4v) is 2.65. The molecule has 0 spiro atoms. The van der Waals surface area contributed by atoms with Gasteiger partial charge in [-0.15, -0.1) is 5.10 Å². The molecule has 2 amide bonds. The molecule has 2 N–H and O–H groups in total. The van der Waals surface area contributed by atoms with Crippen LogP contribution >= 0.6 is 0 Å². The van der Waals surface area contributed by atoms with Crippen molar-refractivity contribution in [1.82, 2.24) is 30.6 Å². The first kappa shape index (κ1) is 14.5. The van der Waals surface area contributed by atoms with E-state index in [0.717, 1.165) is 18.5 Å². The van der Waals surface area contributed by atoms with Gasteiger partial charge in [0, 0.05) is 12.2 Å². The molecule has 1 aliphatic rings. The van der Waals surface area contributed by atoms with Gasteiger partial charge < -0.3 is 10.6 Å². The van der Waals surface area contributed by atoms with Crippen molar-refractivity contribution < 1.29 is 4.79 Å². The maximum atomic E-state index is 11.9. The minimum atomic E-state index is -0.136. The monoisotopic (exact) mass is 300 g/mol. The van der Waals surface area contributed by atoms with Crippen molar-refractivity contribution in [3.8, 4) is 5.69 Å². The van der Waals surface area contributed by atoms with Crippen LogP contribution in [-0.2, 0) is 6.54 Å². The molecule has 7 nitrogen and oxygen atoms in total. The van der Waals surface area contributed by atoms with Gasteiger partial charge >= 0.3 is 6.03 Å². The second-order valence-electron chi connectivity index (χ2n) is 5.53. The number of amides is 2. The minimum Gasteiger partial charge on any atom is -0.335 e. The topological polar surface area (TPSA) is 84.7 Å². The number of hydrogen-bond donors (Lipinski definition) is 2. The van der Waals surface area contributed by atoms with Crippen molar-refractivity contribution in [2.75, 3.05) is 0 Å². The average Bonchev–Trinajstić information content (AvgIpc) is 3.04. The van der Waals surface area contributed by atoms with E-state index in [9.17, 15) is 4.79 Å². The molecule has 2 heterocycles. The lowest BCUT2D eigenvalue weighted by atomic mass is 9.96. The van der Waals surface area contributed by atoms with Crippen molar-refractivity contribution in [2.45, 2.75) is 44.7 Å². The highest BCUT2D eigenvalue weighted by Crippen LogP contribution is 2.17. The molecule has 2 aromatic heterocycles. The third-order valence-electron chi connectivity index (χ3n) is 3.82. The number of urea groups is 1. The molecule has 0 radical (unpaired) electrons. The smallest absolute Gasteiger partial charge is 0.315 e. The quantitative estimate of drug-likeness (QED) is 0.901. The first-order valence-electron chi connectivity index (χ1n) is 7.67. The Balaban J connectivity index is 1.49. The Hall–Kier alpha value is -2.44. The summed E-state index contributed by atoms with van der Waals surface area (Å²) in [7, 11) is 0. The fourth-order valence-electron chi connectivity index (χ4n) is 2.65. The Morgan fingerprint density at radius 1 is 1.32 bits per heavy atom. The number of aromatic nitrogens is 4. The molecule has 3 rings (SSSR count). The third kappa shape index (κ3) is 3.81. The first-order valence-corrected chi connectivity index (χ1v) is 7.67. The molecule has 0 atom stereocenters. The van der Waals surface area contributed by atoms with Crippen LogP contribution in [-0.4, -0.2) is 32.1 Å². The standard InChI is InChI=1S/C15H20N6O/c22-15(18-12-5-2-1-3-6-12)17-9-13-11-21(20-19-13)14-7-4-8-16-10-14/h4,7-8,10-12H,1-3,5-6,9H2,(H2,17,18,22). The van der Waals surface area contributed by atoms with Gasteiger partial charge in [-0.2, -0.15) is 0 Å². The molecule has 0 saturated heterocycles. The molecule has 2 aromatic rings. The van der Waals surface area contributed by atoms with Crippen LogP contribution in [0.2, 0.25) is 0 Å². The highest BCUT2D eigenvalue weighted by atomic mass is 16.2. The van der Waals surface area contributed by atoms with E-state index in [0.29, 0.717) is 18.3 Å². The first-order chi connectivity index (χ1) is 10.8. The number of nitrogens with zero attached hydrogens (tertiary/aromatic N) is 4. The number of hydrogen-bond acceptors (Lipinski definition) is 4. The zero-order chi connectivity index (χ0) is 15.2. The predicted molar refractivity (Wildman–Crippen MR) is 81.4 cm³/mol. The molecule has 0 aliphatic heterocycles. The van der Waals surface area contributed by atoms with Gasteiger partial charge in [-0.25, -0.2) is 9.48 Å². The van der Waals surface area contributed by atoms with E-state index >= 15 is 0 Å². The van der Waals surface area contributed by atoms with Crippen LogP contribution in [0.25, 0.3) is 5.69 Å². The molecule has 0 aromatic carbocycles. The average molecular weight is 300 g/mol. The van der Waals surface area contributed by atoms with E-state index in [1.807, 2.05) is 12.1 Å². The number of rotatable bonds is 4. The maximum Gasteiger partial charge on any atom is 0.315 e. The Labute approximate surface area is 129 Å². The normalized spacial score (nSPS) is 15.5. The van der Waals surface area contributed by atoms with Gasteiger partial charge in [0.15, 0.2) is 0 Å². The summed E-state index contributed by atoms with van der Waals surface area (Å²) in [4.78, 5) is 15.9. The molecule has 116 valence electrons. The number of nitrogens with one attached hydrogen (secondary N) is 2. The summed E-state index contributed by atoms with van der Waals surface area (Å²) in [6, 6.07) is 3.91. The van der Waals surface area contributed by atoms with Crippen molar-refractivity contribution >= 4 is 6.03 Å². The summed E-state index contributed by atoms with van der Waals surface area (Å²) in [6.45, 7) is 0.360. The predicted octanol–water partition coefficient (Wildman–Crippen LogP) is 1.79. The molecule has 1 fully saturated rings. The molecule has 1 saturated carbocycles. The van der Waals surface area contributed by atoms with Crippen molar-refractivity contribution in [3.63, 3.8) is 0 Å². The van der Waals surface area contributed by atoms with Gasteiger partial charge in [0.05, 0.1) is 24.6 Å². The van der Waals surface area contributed by atoms with E-state index in [1.165, 1.54) is 19.3 Å². The lowest BCUT2D eigenvalue weighted by Gasteiger charge is -2.22. The Morgan fingerprint density at radius 3 is 2.95 bits per heavy atom. The van der Waals surface area contributed by atoms with Crippen LogP contribution in [0.5, 0.6) is 0 Å². The lowest BCUT2D eigenvalue weighted by Crippen LogP contribution is -2.42. The Kier molecular flexibility index (Phi) is 4.62. The summed E-state index contributed by atoms with van der Waals surface area (Å²) in [5, 5.41) is 13.9. The van der Waals surface area contributed by atoms with Gasteiger partial charge in [-0.05, 0) is 25.0 Å². The third-order valence-corrected chi connectivity index (χ3v) is 3.82. The van der Waals surface area contributed by atoms with Crippen LogP contribution in [0.4, 0.5) is 4.79 Å². The Bertz CT molecular complexity index is 606. The van der Waals surface area contributed by atoms with E-state index < -0.39 is 0 Å². The molecule has 0 bridgehead atoms. The van der Waals surface area contributed by atoms with Crippen LogP contribution < -0.4 is 10.6 Å². The highest BCUT2D eigenvalue weighted by Gasteiger charge is 2.15. The largest absolute Gasteiger partial charge is 0.335 e. The molecule has 7 heteroatoms. The van der Waals surface area contributed by atoms with Crippen molar-refractivity contribution in [2.24, 2.45) is 0 Å². The van der Waals surface area contributed by atoms with Crippen molar-refractivity contribution in [1.29, 1.82) is 0 Å². The number of carbonyl (C=O) groups excluding carboxylic acids is 1. The molecule has 1 aliphatic carbocycles. The summed E-state index contributed by atoms with van der Waals surface area (Å²) in [5.41, 5.74) is 1.55. The number of carbonyl (C=O) groups is 1. The Morgan fingerprint density at radius 2 is 2.18 bits per heavy atom. The number of pyridine rings is 1. The van der Waals surface area contributed by atoms with Crippen LogP contribution in [0.3, 0.4) is 0 Å². The zero-order valence-corrected chi connectivity index (χ0v) is 12.4. The zero-order valence-electron chi connectivity index (χ0n) is 12.4. The summed E-state index contributed by atoms with van der Waals surface area (Å²) < 4.78 is 1.64. The van der Waals surface area contributed by atoms with E-state index in [2.05, 4.69) is 25.9 Å². The van der Waals surface area contributed by atoms with Crippen molar-refractivity contribution in [3.05, 3.63) is 36.4 Å². The van der Waals surface area contributed by atoms with Crippen LogP contribution in [0, 0.1) is 0 Å². The van der Waals surface area contributed by atoms with E-state index in [-0.39, 0.29) is 6.03 Å².